The summed E-state index contributed by atoms with van der Waals surface area (Å²) < 4.78 is 4.91. The van der Waals surface area contributed by atoms with Crippen LogP contribution in [0.5, 0.6) is 0 Å². The Bertz CT molecular complexity index is 672. The third-order valence-corrected chi connectivity index (χ3v) is 3.81. The third kappa shape index (κ3) is 7.47. The zero-order valence-electron chi connectivity index (χ0n) is 15.3. The van der Waals surface area contributed by atoms with Gasteiger partial charge in [0.25, 0.3) is 0 Å². The van der Waals surface area contributed by atoms with Gasteiger partial charge in [-0.2, -0.15) is 0 Å². The van der Waals surface area contributed by atoms with Crippen LogP contribution in [0.3, 0.4) is 0 Å². The highest BCUT2D eigenvalue weighted by molar-refractivity contribution is 6.01. The Balaban J connectivity index is 1.81. The molecule has 2 rings (SSSR count). The summed E-state index contributed by atoms with van der Waals surface area (Å²) in [5, 5.41) is 4.34. The molecule has 0 amide bonds. The number of pyridine rings is 1. The van der Waals surface area contributed by atoms with E-state index in [1.54, 1.807) is 12.4 Å². The lowest BCUT2D eigenvalue weighted by molar-refractivity contribution is -0.143. The number of hydrogen-bond acceptors (Lipinski definition) is 5. The zero-order chi connectivity index (χ0) is 18.5. The summed E-state index contributed by atoms with van der Waals surface area (Å²) in [5.74, 6) is -0.131. The molecule has 0 N–H and O–H groups in total. The van der Waals surface area contributed by atoms with Gasteiger partial charge in [0.05, 0.1) is 12.3 Å². The molecule has 0 aliphatic carbocycles. The van der Waals surface area contributed by atoms with E-state index in [1.165, 1.54) is 5.56 Å². The van der Waals surface area contributed by atoms with Crippen molar-refractivity contribution in [2.24, 2.45) is 5.16 Å². The fourth-order valence-corrected chi connectivity index (χ4v) is 2.48. The highest BCUT2D eigenvalue weighted by atomic mass is 16.6. The van der Waals surface area contributed by atoms with Gasteiger partial charge in [-0.3, -0.25) is 9.78 Å². The Kier molecular flexibility index (Phi) is 8.90. The second-order valence-electron chi connectivity index (χ2n) is 5.89. The molecule has 26 heavy (non-hydrogen) atoms. The first-order valence-corrected chi connectivity index (χ1v) is 9.08. The fourth-order valence-electron chi connectivity index (χ4n) is 2.48. The smallest absolute Gasteiger partial charge is 0.305 e. The molecule has 0 radical (unpaired) electrons. The van der Waals surface area contributed by atoms with Gasteiger partial charge in [-0.05, 0) is 43.9 Å². The predicted octanol–water partition coefficient (Wildman–Crippen LogP) is 4.17. The van der Waals surface area contributed by atoms with E-state index in [4.69, 9.17) is 9.57 Å². The van der Waals surface area contributed by atoms with Gasteiger partial charge in [-0.25, -0.2) is 0 Å². The molecule has 5 nitrogen and oxygen atoms in total. The van der Waals surface area contributed by atoms with Crippen molar-refractivity contribution >= 4 is 11.7 Å². The van der Waals surface area contributed by atoms with E-state index < -0.39 is 0 Å². The third-order valence-electron chi connectivity index (χ3n) is 3.81. The summed E-state index contributed by atoms with van der Waals surface area (Å²) in [6, 6.07) is 14.0. The SMILES string of the molecule is CCOC(=O)CCCCCO/N=C(\Cc1ccccc1)c1cccnc1. The summed E-state index contributed by atoms with van der Waals surface area (Å²) >= 11 is 0. The van der Waals surface area contributed by atoms with Gasteiger partial charge in [-0.15, -0.1) is 0 Å². The normalized spacial score (nSPS) is 11.2. The lowest BCUT2D eigenvalue weighted by Gasteiger charge is -2.07. The van der Waals surface area contributed by atoms with E-state index in [-0.39, 0.29) is 5.97 Å². The first-order valence-electron chi connectivity index (χ1n) is 9.08. The fraction of sp³-hybridized carbons (Fsp3) is 0.381. The highest BCUT2D eigenvalue weighted by Crippen LogP contribution is 2.09. The number of benzene rings is 1. The highest BCUT2D eigenvalue weighted by Gasteiger charge is 2.06. The van der Waals surface area contributed by atoms with Crippen LogP contribution in [0, 0.1) is 0 Å². The van der Waals surface area contributed by atoms with Crippen LogP contribution in [0.1, 0.15) is 43.7 Å². The van der Waals surface area contributed by atoms with Crippen molar-refractivity contribution in [3.05, 3.63) is 66.0 Å². The molecule has 0 unspecified atom stereocenters. The maximum Gasteiger partial charge on any atom is 0.305 e. The molecule has 138 valence electrons. The predicted molar refractivity (Wildman–Crippen MR) is 102 cm³/mol. The molecule has 0 bridgehead atoms. The van der Waals surface area contributed by atoms with E-state index in [9.17, 15) is 4.79 Å². The van der Waals surface area contributed by atoms with E-state index in [2.05, 4.69) is 22.3 Å². The summed E-state index contributed by atoms with van der Waals surface area (Å²) in [6.45, 7) is 2.79. The molecule has 2 aromatic rings. The van der Waals surface area contributed by atoms with Gasteiger partial charge >= 0.3 is 5.97 Å². The number of nitrogens with zero attached hydrogens (tertiary/aromatic N) is 2. The minimum atomic E-state index is -0.131. The number of oxime groups is 1. The number of rotatable bonds is 11. The van der Waals surface area contributed by atoms with Crippen molar-refractivity contribution in [2.45, 2.75) is 39.0 Å². The average molecular weight is 354 g/mol. The first kappa shape index (κ1) is 19.6. The molecule has 0 saturated carbocycles. The van der Waals surface area contributed by atoms with Gasteiger partial charge in [0, 0.05) is 30.8 Å². The summed E-state index contributed by atoms with van der Waals surface area (Å²) in [4.78, 5) is 21.0. The summed E-state index contributed by atoms with van der Waals surface area (Å²) in [7, 11) is 0. The number of esters is 1. The van der Waals surface area contributed by atoms with Crippen LogP contribution in [0.4, 0.5) is 0 Å². The topological polar surface area (TPSA) is 60.8 Å². The summed E-state index contributed by atoms with van der Waals surface area (Å²) in [6.07, 6.45) is 7.27. The minimum Gasteiger partial charge on any atom is -0.466 e. The van der Waals surface area contributed by atoms with Gasteiger partial charge < -0.3 is 9.57 Å². The van der Waals surface area contributed by atoms with Crippen LogP contribution in [0.15, 0.2) is 60.0 Å². The number of ether oxygens (including phenoxy) is 1. The van der Waals surface area contributed by atoms with E-state index >= 15 is 0 Å². The van der Waals surface area contributed by atoms with Crippen molar-refractivity contribution in [3.8, 4) is 0 Å². The largest absolute Gasteiger partial charge is 0.466 e. The number of aromatic nitrogens is 1. The monoisotopic (exact) mass is 354 g/mol. The second kappa shape index (κ2) is 11.8. The van der Waals surface area contributed by atoms with E-state index in [1.807, 2.05) is 37.3 Å². The van der Waals surface area contributed by atoms with E-state index in [0.29, 0.717) is 26.1 Å². The molecule has 5 heteroatoms. The molecule has 0 fully saturated rings. The van der Waals surface area contributed by atoms with E-state index in [0.717, 1.165) is 30.5 Å². The molecule has 1 aromatic carbocycles. The van der Waals surface area contributed by atoms with Crippen LogP contribution < -0.4 is 0 Å². The molecule has 1 aromatic heterocycles. The Morgan fingerprint density at radius 2 is 1.92 bits per heavy atom. The van der Waals surface area contributed by atoms with Crippen LogP contribution >= 0.6 is 0 Å². The number of unbranched alkanes of at least 4 members (excludes halogenated alkanes) is 2. The molecule has 1 heterocycles. The van der Waals surface area contributed by atoms with Crippen molar-refractivity contribution in [1.29, 1.82) is 0 Å². The maximum atomic E-state index is 11.3. The van der Waals surface area contributed by atoms with Crippen molar-refractivity contribution < 1.29 is 14.4 Å². The van der Waals surface area contributed by atoms with Gasteiger partial charge in [0.15, 0.2) is 0 Å². The molecular formula is C21H26N2O3. The second-order valence-corrected chi connectivity index (χ2v) is 5.89. The molecule has 0 aliphatic heterocycles. The van der Waals surface area contributed by atoms with Gasteiger partial charge in [-0.1, -0.05) is 35.5 Å². The Hall–Kier alpha value is -2.69. The van der Waals surface area contributed by atoms with Crippen molar-refractivity contribution in [1.82, 2.24) is 4.98 Å². The van der Waals surface area contributed by atoms with Crippen molar-refractivity contribution in [3.63, 3.8) is 0 Å². The number of hydrogen-bond donors (Lipinski definition) is 0. The van der Waals surface area contributed by atoms with Gasteiger partial charge in [0.1, 0.15) is 6.61 Å². The quantitative estimate of drug-likeness (QED) is 0.263. The van der Waals surface area contributed by atoms with Crippen LogP contribution in [-0.2, 0) is 20.8 Å². The Morgan fingerprint density at radius 1 is 1.08 bits per heavy atom. The molecule has 0 atom stereocenters. The average Bonchev–Trinajstić information content (AvgIpc) is 2.68. The molecule has 0 aliphatic rings. The molecule has 0 spiro atoms. The lowest BCUT2D eigenvalue weighted by atomic mass is 10.0. The minimum absolute atomic E-state index is 0.131. The first-order chi connectivity index (χ1) is 12.8. The van der Waals surface area contributed by atoms with Crippen LogP contribution in [0.2, 0.25) is 0 Å². The number of carbonyl (C=O) groups excluding carboxylic acids is 1. The Labute approximate surface area is 155 Å². The Morgan fingerprint density at radius 3 is 2.65 bits per heavy atom. The molecule has 0 saturated heterocycles. The lowest BCUT2D eigenvalue weighted by Crippen LogP contribution is -2.07. The van der Waals surface area contributed by atoms with Gasteiger partial charge in [0.2, 0.25) is 0 Å². The summed E-state index contributed by atoms with van der Waals surface area (Å²) in [5.41, 5.74) is 2.99. The van der Waals surface area contributed by atoms with Crippen LogP contribution in [0.25, 0.3) is 0 Å². The maximum absolute atomic E-state index is 11.3. The standard InChI is InChI=1S/C21H26N2O3/c1-2-25-21(24)13-7-4-8-15-26-23-20(19-12-9-14-22-17-19)16-18-10-5-3-6-11-18/h3,5-6,9-12,14,17H,2,4,7-8,13,15-16H2,1H3/b23-20+. The van der Waals surface area contributed by atoms with Crippen LogP contribution in [-0.4, -0.2) is 29.9 Å². The molecular weight excluding hydrogens is 328 g/mol. The van der Waals surface area contributed by atoms with Crippen molar-refractivity contribution in [2.75, 3.05) is 13.2 Å². The number of carbonyl (C=O) groups is 1. The zero-order valence-corrected chi connectivity index (χ0v) is 15.3.